The van der Waals surface area contributed by atoms with Crippen molar-refractivity contribution in [3.05, 3.63) is 30.5 Å². The first-order chi connectivity index (χ1) is 10.3. The van der Waals surface area contributed by atoms with Gasteiger partial charge in [0.05, 0.1) is 6.26 Å². The minimum Gasteiger partial charge on any atom is -0.461 e. The van der Waals surface area contributed by atoms with Gasteiger partial charge in [0.2, 0.25) is 5.91 Å². The van der Waals surface area contributed by atoms with Gasteiger partial charge in [-0.1, -0.05) is 12.2 Å². The number of rotatable bonds is 2. The molecule has 1 aliphatic heterocycles. The van der Waals surface area contributed by atoms with E-state index in [1.165, 1.54) is 11.2 Å². The van der Waals surface area contributed by atoms with Gasteiger partial charge in [-0.25, -0.2) is 0 Å². The van der Waals surface area contributed by atoms with E-state index in [-0.39, 0.29) is 23.7 Å². The van der Waals surface area contributed by atoms with Crippen LogP contribution in [0.2, 0.25) is 0 Å². The number of H-pyrrole nitrogens is 1. The number of amides is 1. The Kier molecular flexibility index (Phi) is 2.68. The molecule has 1 aliphatic carbocycles. The topological polar surface area (TPSA) is 95.2 Å². The van der Waals surface area contributed by atoms with Crippen molar-refractivity contribution in [2.75, 3.05) is 4.90 Å². The van der Waals surface area contributed by atoms with Crippen LogP contribution in [0.4, 0.5) is 5.95 Å². The Hall–Kier alpha value is -2.41. The van der Waals surface area contributed by atoms with Gasteiger partial charge in [0.15, 0.2) is 11.6 Å². The van der Waals surface area contributed by atoms with Gasteiger partial charge in [-0.3, -0.25) is 14.8 Å². The average Bonchev–Trinajstić information content (AvgIpc) is 3.21. The van der Waals surface area contributed by atoms with E-state index in [1.807, 2.05) is 12.2 Å². The normalized spacial score (nSPS) is 28.1. The number of aliphatic hydroxyl groups is 1. The van der Waals surface area contributed by atoms with E-state index in [9.17, 15) is 9.90 Å². The van der Waals surface area contributed by atoms with E-state index in [4.69, 9.17) is 4.42 Å². The van der Waals surface area contributed by atoms with Gasteiger partial charge in [-0.2, -0.15) is 4.98 Å². The third-order valence-electron chi connectivity index (χ3n) is 4.13. The van der Waals surface area contributed by atoms with Crippen LogP contribution in [0.1, 0.15) is 12.8 Å². The monoisotopic (exact) mass is 286 g/mol. The summed E-state index contributed by atoms with van der Waals surface area (Å²) in [7, 11) is 0. The zero-order valence-corrected chi connectivity index (χ0v) is 11.1. The number of carbonyl (C=O) groups is 1. The average molecular weight is 286 g/mol. The summed E-state index contributed by atoms with van der Waals surface area (Å²) in [5.41, 5.74) is 0. The van der Waals surface area contributed by atoms with Crippen LogP contribution >= 0.6 is 0 Å². The molecular weight excluding hydrogens is 272 g/mol. The second-order valence-corrected chi connectivity index (χ2v) is 5.30. The maximum Gasteiger partial charge on any atom is 0.254 e. The molecule has 0 aromatic carbocycles. The minimum absolute atomic E-state index is 0.0898. The molecule has 0 bridgehead atoms. The first-order valence-electron chi connectivity index (χ1n) is 6.88. The van der Waals surface area contributed by atoms with Crippen molar-refractivity contribution in [2.24, 2.45) is 11.8 Å². The molecule has 108 valence electrons. The Morgan fingerprint density at radius 1 is 1.38 bits per heavy atom. The lowest BCUT2D eigenvalue weighted by molar-refractivity contribution is -0.121. The quantitative estimate of drug-likeness (QED) is 0.812. The zero-order valence-electron chi connectivity index (χ0n) is 11.1. The molecule has 1 saturated heterocycles. The smallest absolute Gasteiger partial charge is 0.254 e. The number of allylic oxidation sites excluding steroid dienone is 2. The molecule has 7 nitrogen and oxygen atoms in total. The van der Waals surface area contributed by atoms with Crippen LogP contribution in [0.3, 0.4) is 0 Å². The summed E-state index contributed by atoms with van der Waals surface area (Å²) < 4.78 is 5.23. The Morgan fingerprint density at radius 2 is 2.24 bits per heavy atom. The fourth-order valence-corrected chi connectivity index (χ4v) is 3.05. The highest BCUT2D eigenvalue weighted by molar-refractivity contribution is 5.96. The fraction of sp³-hybridized carbons (Fsp3) is 0.357. The van der Waals surface area contributed by atoms with Crippen molar-refractivity contribution < 1.29 is 14.3 Å². The van der Waals surface area contributed by atoms with Crippen molar-refractivity contribution >= 4 is 11.9 Å². The first-order valence-corrected chi connectivity index (χ1v) is 6.88. The minimum atomic E-state index is -0.882. The highest BCUT2D eigenvalue weighted by Crippen LogP contribution is 2.39. The van der Waals surface area contributed by atoms with Crippen molar-refractivity contribution in [3.63, 3.8) is 0 Å². The predicted molar refractivity (Wildman–Crippen MR) is 72.9 cm³/mol. The Labute approximate surface area is 120 Å². The van der Waals surface area contributed by atoms with Gasteiger partial charge in [-0.15, -0.1) is 5.10 Å². The maximum absolute atomic E-state index is 12.5. The summed E-state index contributed by atoms with van der Waals surface area (Å²) >= 11 is 0. The number of anilines is 1. The summed E-state index contributed by atoms with van der Waals surface area (Å²) in [6, 6.07) is 3.49. The Bertz CT molecular complexity index is 691. The lowest BCUT2D eigenvalue weighted by Crippen LogP contribution is -2.35. The lowest BCUT2D eigenvalue weighted by atomic mass is 9.85. The van der Waals surface area contributed by atoms with E-state index in [0.29, 0.717) is 24.4 Å². The number of carbonyl (C=O) groups excluding carboxylic acids is 1. The van der Waals surface area contributed by atoms with Crippen LogP contribution in [0.5, 0.6) is 0 Å². The van der Waals surface area contributed by atoms with E-state index >= 15 is 0 Å². The van der Waals surface area contributed by atoms with Gasteiger partial charge < -0.3 is 9.52 Å². The third-order valence-corrected chi connectivity index (χ3v) is 4.13. The number of aromatic amines is 1. The van der Waals surface area contributed by atoms with Crippen molar-refractivity contribution in [1.82, 2.24) is 15.2 Å². The van der Waals surface area contributed by atoms with Crippen LogP contribution < -0.4 is 4.90 Å². The molecule has 3 atom stereocenters. The van der Waals surface area contributed by atoms with E-state index in [2.05, 4.69) is 15.2 Å². The van der Waals surface area contributed by atoms with E-state index in [0.717, 1.165) is 0 Å². The molecule has 0 radical (unpaired) electrons. The molecule has 2 aromatic rings. The maximum atomic E-state index is 12.5. The van der Waals surface area contributed by atoms with E-state index in [1.54, 1.807) is 12.1 Å². The van der Waals surface area contributed by atoms with Crippen molar-refractivity contribution in [1.29, 1.82) is 0 Å². The lowest BCUT2D eigenvalue weighted by Gasteiger charge is -2.21. The van der Waals surface area contributed by atoms with Crippen LogP contribution in [0.25, 0.3) is 11.6 Å². The molecule has 3 heterocycles. The molecule has 0 saturated carbocycles. The molecular formula is C14H14N4O3. The molecule has 1 amide bonds. The number of nitrogens with zero attached hydrogens (tertiary/aromatic N) is 3. The Morgan fingerprint density at radius 3 is 3.00 bits per heavy atom. The number of hydrogen-bond acceptors (Lipinski definition) is 5. The van der Waals surface area contributed by atoms with Gasteiger partial charge in [0, 0.05) is 11.8 Å². The third kappa shape index (κ3) is 1.81. The summed E-state index contributed by atoms with van der Waals surface area (Å²) in [6.07, 6.45) is 6.01. The number of fused-ring (bicyclic) bond motifs is 1. The van der Waals surface area contributed by atoms with Crippen LogP contribution in [-0.2, 0) is 4.79 Å². The van der Waals surface area contributed by atoms with Gasteiger partial charge in [-0.05, 0) is 25.0 Å². The molecule has 3 unspecified atom stereocenters. The number of furan rings is 1. The highest BCUT2D eigenvalue weighted by atomic mass is 16.3. The molecule has 7 heteroatoms. The van der Waals surface area contributed by atoms with Crippen LogP contribution in [-0.4, -0.2) is 32.4 Å². The molecule has 2 aromatic heterocycles. The molecule has 0 spiro atoms. The largest absolute Gasteiger partial charge is 0.461 e. The summed E-state index contributed by atoms with van der Waals surface area (Å²) in [6.45, 7) is 0. The molecule has 2 N–H and O–H groups in total. The predicted octanol–water partition coefficient (Wildman–Crippen LogP) is 1.31. The second-order valence-electron chi connectivity index (χ2n) is 5.30. The van der Waals surface area contributed by atoms with Gasteiger partial charge in [0.25, 0.3) is 5.95 Å². The summed E-state index contributed by atoms with van der Waals surface area (Å²) in [5, 5.41) is 17.2. The molecule has 21 heavy (non-hydrogen) atoms. The standard InChI is InChI=1S/C14H14N4O3/c19-12-8-4-1-2-5-9(8)13(20)18(12)14-15-11(16-17-14)10-6-3-7-21-10/h1-3,6-9,12,19H,4-5H2,(H,15,16,17). The summed E-state index contributed by atoms with van der Waals surface area (Å²) in [5.74, 6) is 0.760. The van der Waals surface area contributed by atoms with Crippen LogP contribution in [0, 0.1) is 11.8 Å². The van der Waals surface area contributed by atoms with Crippen molar-refractivity contribution in [3.8, 4) is 11.6 Å². The fourth-order valence-electron chi connectivity index (χ4n) is 3.05. The van der Waals surface area contributed by atoms with Gasteiger partial charge >= 0.3 is 0 Å². The Balaban J connectivity index is 1.66. The van der Waals surface area contributed by atoms with E-state index < -0.39 is 6.23 Å². The summed E-state index contributed by atoms with van der Waals surface area (Å²) in [4.78, 5) is 18.0. The van der Waals surface area contributed by atoms with Gasteiger partial charge in [0.1, 0.15) is 6.23 Å². The molecule has 2 aliphatic rings. The zero-order chi connectivity index (χ0) is 14.4. The number of aromatic nitrogens is 3. The van der Waals surface area contributed by atoms with Crippen molar-refractivity contribution in [2.45, 2.75) is 19.1 Å². The second kappa shape index (κ2) is 4.56. The van der Waals surface area contributed by atoms with Crippen LogP contribution in [0.15, 0.2) is 35.0 Å². The SMILES string of the molecule is O=C1C2CC=CCC2C(O)N1c1n[nH]c(-c2ccco2)n1. The highest BCUT2D eigenvalue weighted by Gasteiger charge is 2.49. The first kappa shape index (κ1) is 12.3. The number of aliphatic hydroxyl groups excluding tert-OH is 1. The number of nitrogens with one attached hydrogen (secondary N) is 1. The molecule has 4 rings (SSSR count). The number of hydrogen-bond donors (Lipinski definition) is 2. The molecule has 1 fully saturated rings.